The molecule has 1 aromatic rings. The summed E-state index contributed by atoms with van der Waals surface area (Å²) in [5.74, 6) is -0.0925. The van der Waals surface area contributed by atoms with Crippen LogP contribution < -0.4 is 22.1 Å². The minimum absolute atomic E-state index is 0.222. The molecule has 1 atom stereocenters. The number of hydrogen-bond donors (Lipinski definition) is 2. The Morgan fingerprint density at radius 2 is 2.11 bits per heavy atom. The van der Waals surface area contributed by atoms with Gasteiger partial charge in [-0.2, -0.15) is 0 Å². The molecule has 2 heterocycles. The zero-order valence-corrected chi connectivity index (χ0v) is 10.8. The molecule has 1 fully saturated rings. The van der Waals surface area contributed by atoms with Crippen molar-refractivity contribution in [1.29, 1.82) is 0 Å². The Bertz CT molecular complexity index is 598. The van der Waals surface area contributed by atoms with E-state index in [1.54, 1.807) is 0 Å². The number of nitrogens with zero attached hydrogens (tertiary/aromatic N) is 2. The van der Waals surface area contributed by atoms with Crippen LogP contribution in [0.3, 0.4) is 0 Å². The molecule has 0 aromatic carbocycles. The van der Waals surface area contributed by atoms with E-state index >= 15 is 0 Å². The Hall–Kier alpha value is -2.09. The minimum atomic E-state index is -0.476. The maximum absolute atomic E-state index is 11.7. The molecule has 8 nitrogen and oxygen atoms in total. The van der Waals surface area contributed by atoms with Crippen molar-refractivity contribution in [2.24, 2.45) is 14.1 Å². The molecule has 2 N–H and O–H groups in total. The molecule has 0 spiro atoms. The van der Waals surface area contributed by atoms with Crippen molar-refractivity contribution in [3.05, 3.63) is 26.9 Å². The van der Waals surface area contributed by atoms with Crippen LogP contribution in [0, 0.1) is 0 Å². The van der Waals surface area contributed by atoms with Gasteiger partial charge in [0.2, 0.25) is 0 Å². The van der Waals surface area contributed by atoms with Gasteiger partial charge in [0.05, 0.1) is 0 Å². The highest BCUT2D eigenvalue weighted by Gasteiger charge is 2.23. The molecule has 1 unspecified atom stereocenters. The average molecular weight is 268 g/mol. The zero-order chi connectivity index (χ0) is 14.0. The largest absolute Gasteiger partial charge is 0.368 e. The van der Waals surface area contributed by atoms with Gasteiger partial charge in [0.15, 0.2) is 0 Å². The smallest absolute Gasteiger partial charge is 0.332 e. The van der Waals surface area contributed by atoms with E-state index in [4.69, 9.17) is 4.74 Å². The van der Waals surface area contributed by atoms with E-state index in [9.17, 15) is 14.4 Å². The van der Waals surface area contributed by atoms with Gasteiger partial charge in [0.25, 0.3) is 11.5 Å². The summed E-state index contributed by atoms with van der Waals surface area (Å²) in [6.45, 7) is 0.572. The third kappa shape index (κ3) is 2.68. The zero-order valence-electron chi connectivity index (χ0n) is 10.8. The van der Waals surface area contributed by atoms with Crippen molar-refractivity contribution < 1.29 is 9.53 Å². The van der Waals surface area contributed by atoms with Crippen LogP contribution in [-0.2, 0) is 23.6 Å². The van der Waals surface area contributed by atoms with Crippen LogP contribution in [0.5, 0.6) is 0 Å². The van der Waals surface area contributed by atoms with Crippen LogP contribution in [0.1, 0.15) is 12.8 Å². The molecule has 1 aromatic heterocycles. The van der Waals surface area contributed by atoms with Gasteiger partial charge in [0, 0.05) is 26.8 Å². The number of aromatic nitrogens is 2. The van der Waals surface area contributed by atoms with E-state index in [1.807, 2.05) is 0 Å². The maximum atomic E-state index is 11.7. The first-order chi connectivity index (χ1) is 9.00. The lowest BCUT2D eigenvalue weighted by Gasteiger charge is -2.14. The lowest BCUT2D eigenvalue weighted by molar-refractivity contribution is -0.129. The van der Waals surface area contributed by atoms with Gasteiger partial charge in [-0.15, -0.1) is 0 Å². The second kappa shape index (κ2) is 5.27. The van der Waals surface area contributed by atoms with E-state index in [-0.39, 0.29) is 11.7 Å². The van der Waals surface area contributed by atoms with Crippen LogP contribution in [0.2, 0.25) is 0 Å². The van der Waals surface area contributed by atoms with Gasteiger partial charge in [0.1, 0.15) is 11.9 Å². The monoisotopic (exact) mass is 268 g/mol. The quantitative estimate of drug-likeness (QED) is 0.665. The summed E-state index contributed by atoms with van der Waals surface area (Å²) in [5.41, 5.74) is 4.08. The molecule has 0 aliphatic carbocycles. The number of amides is 1. The van der Waals surface area contributed by atoms with Crippen LogP contribution in [-0.4, -0.2) is 27.8 Å². The molecule has 1 amide bonds. The third-order valence-corrected chi connectivity index (χ3v) is 3.06. The SMILES string of the molecule is Cn1c(NNC(=O)C2CCCO2)cc(=O)n(C)c1=O. The highest BCUT2D eigenvalue weighted by molar-refractivity contribution is 5.81. The summed E-state index contributed by atoms with van der Waals surface area (Å²) in [4.78, 5) is 34.8. The molecule has 19 heavy (non-hydrogen) atoms. The van der Waals surface area contributed by atoms with E-state index in [0.29, 0.717) is 13.0 Å². The van der Waals surface area contributed by atoms with E-state index in [2.05, 4.69) is 10.9 Å². The normalized spacial score (nSPS) is 18.3. The number of anilines is 1. The fraction of sp³-hybridized carbons (Fsp3) is 0.545. The summed E-state index contributed by atoms with van der Waals surface area (Å²) in [6.07, 6.45) is 1.04. The Morgan fingerprint density at radius 3 is 2.74 bits per heavy atom. The van der Waals surface area contributed by atoms with Crippen LogP contribution >= 0.6 is 0 Å². The van der Waals surface area contributed by atoms with Crippen molar-refractivity contribution in [2.45, 2.75) is 18.9 Å². The topological polar surface area (TPSA) is 94.4 Å². The van der Waals surface area contributed by atoms with Crippen LogP contribution in [0.25, 0.3) is 0 Å². The first kappa shape index (κ1) is 13.3. The highest BCUT2D eigenvalue weighted by atomic mass is 16.5. The molecular formula is C11H16N4O4. The number of hydrazine groups is 1. The molecule has 1 saturated heterocycles. The minimum Gasteiger partial charge on any atom is -0.368 e. The summed E-state index contributed by atoms with van der Waals surface area (Å²) in [5, 5.41) is 0. The van der Waals surface area contributed by atoms with Crippen molar-refractivity contribution in [1.82, 2.24) is 14.6 Å². The van der Waals surface area contributed by atoms with Gasteiger partial charge in [-0.05, 0) is 12.8 Å². The molecule has 0 bridgehead atoms. The van der Waals surface area contributed by atoms with Gasteiger partial charge in [-0.3, -0.25) is 29.6 Å². The first-order valence-electron chi connectivity index (χ1n) is 5.95. The van der Waals surface area contributed by atoms with Crippen LogP contribution in [0.15, 0.2) is 15.7 Å². The van der Waals surface area contributed by atoms with E-state index in [0.717, 1.165) is 11.0 Å². The molecule has 104 valence electrons. The van der Waals surface area contributed by atoms with Gasteiger partial charge >= 0.3 is 5.69 Å². The average Bonchev–Trinajstić information content (AvgIpc) is 2.92. The number of nitrogens with one attached hydrogen (secondary N) is 2. The number of carbonyl (C=O) groups is 1. The fourth-order valence-electron chi connectivity index (χ4n) is 1.84. The highest BCUT2D eigenvalue weighted by Crippen LogP contribution is 2.11. The Labute approximate surface area is 109 Å². The van der Waals surface area contributed by atoms with Gasteiger partial charge in [-0.25, -0.2) is 4.79 Å². The second-order valence-electron chi connectivity index (χ2n) is 4.38. The first-order valence-corrected chi connectivity index (χ1v) is 5.95. The number of hydrogen-bond acceptors (Lipinski definition) is 5. The lowest BCUT2D eigenvalue weighted by Crippen LogP contribution is -2.42. The number of carbonyl (C=O) groups excluding carboxylic acids is 1. The molecule has 0 saturated carbocycles. The molecule has 2 rings (SSSR count). The van der Waals surface area contributed by atoms with E-state index < -0.39 is 17.4 Å². The summed E-state index contributed by atoms with van der Waals surface area (Å²) in [7, 11) is 2.89. The molecule has 8 heteroatoms. The van der Waals surface area contributed by atoms with Crippen LogP contribution in [0.4, 0.5) is 5.82 Å². The fourth-order valence-corrected chi connectivity index (χ4v) is 1.84. The molecule has 1 aliphatic heterocycles. The molecule has 0 radical (unpaired) electrons. The molecule has 1 aliphatic rings. The van der Waals surface area contributed by atoms with Gasteiger partial charge < -0.3 is 4.74 Å². The summed E-state index contributed by atoms with van der Waals surface area (Å²) < 4.78 is 7.43. The number of ether oxygens (including phenoxy) is 1. The summed E-state index contributed by atoms with van der Waals surface area (Å²) in [6, 6.07) is 1.23. The Kier molecular flexibility index (Phi) is 3.70. The molecular weight excluding hydrogens is 252 g/mol. The van der Waals surface area contributed by atoms with Crippen molar-refractivity contribution in [2.75, 3.05) is 12.0 Å². The Balaban J connectivity index is 2.10. The summed E-state index contributed by atoms with van der Waals surface area (Å²) >= 11 is 0. The second-order valence-corrected chi connectivity index (χ2v) is 4.38. The van der Waals surface area contributed by atoms with Crippen molar-refractivity contribution >= 4 is 11.7 Å². The van der Waals surface area contributed by atoms with E-state index in [1.165, 1.54) is 24.7 Å². The maximum Gasteiger partial charge on any atom is 0.332 e. The predicted octanol–water partition coefficient (Wildman–Crippen LogP) is -1.29. The van der Waals surface area contributed by atoms with Crippen molar-refractivity contribution in [3.63, 3.8) is 0 Å². The third-order valence-electron chi connectivity index (χ3n) is 3.06. The van der Waals surface area contributed by atoms with Gasteiger partial charge in [-0.1, -0.05) is 0 Å². The number of rotatable bonds is 3. The van der Waals surface area contributed by atoms with Crippen molar-refractivity contribution in [3.8, 4) is 0 Å². The standard InChI is InChI=1S/C11H16N4O4/c1-14-8(6-9(16)15(2)11(14)18)12-13-10(17)7-4-3-5-19-7/h6-7,12H,3-5H2,1-2H3,(H,13,17). The Morgan fingerprint density at radius 1 is 1.37 bits per heavy atom. The predicted molar refractivity (Wildman–Crippen MR) is 67.7 cm³/mol. The lowest BCUT2D eigenvalue weighted by atomic mass is 10.2.